The van der Waals surface area contributed by atoms with Gasteiger partial charge in [0.2, 0.25) is 5.95 Å². The van der Waals surface area contributed by atoms with Crippen molar-refractivity contribution in [2.75, 3.05) is 31.1 Å². The van der Waals surface area contributed by atoms with Crippen LogP contribution >= 0.6 is 0 Å². The van der Waals surface area contributed by atoms with Crippen molar-refractivity contribution in [1.29, 1.82) is 0 Å². The third-order valence-electron chi connectivity index (χ3n) is 6.59. The van der Waals surface area contributed by atoms with Crippen LogP contribution in [0.15, 0.2) is 42.9 Å². The van der Waals surface area contributed by atoms with Gasteiger partial charge in [-0.05, 0) is 50.3 Å². The zero-order valence-corrected chi connectivity index (χ0v) is 19.1. The summed E-state index contributed by atoms with van der Waals surface area (Å²) < 4.78 is 2.34. The fraction of sp³-hybridized carbons (Fsp3) is 0.480. The Morgan fingerprint density at radius 1 is 1.16 bits per heavy atom. The van der Waals surface area contributed by atoms with E-state index in [-0.39, 0.29) is 5.56 Å². The predicted octanol–water partition coefficient (Wildman–Crippen LogP) is 4.28. The normalized spacial score (nSPS) is 17.1. The summed E-state index contributed by atoms with van der Waals surface area (Å²) in [6.07, 6.45) is 8.51. The summed E-state index contributed by atoms with van der Waals surface area (Å²) in [5, 5.41) is 10.4. The first-order valence-electron chi connectivity index (χ1n) is 11.7. The van der Waals surface area contributed by atoms with Crippen LogP contribution in [-0.4, -0.2) is 56.7 Å². The van der Waals surface area contributed by atoms with Gasteiger partial charge in [-0.15, -0.1) is 0 Å². The van der Waals surface area contributed by atoms with Crippen molar-refractivity contribution in [3.8, 4) is 0 Å². The van der Waals surface area contributed by atoms with Gasteiger partial charge in [-0.1, -0.05) is 25.1 Å². The molecule has 0 amide bonds. The molecule has 4 rings (SSSR count). The molecule has 1 saturated heterocycles. The van der Waals surface area contributed by atoms with E-state index < -0.39 is 5.97 Å². The van der Waals surface area contributed by atoms with E-state index in [2.05, 4.69) is 68.6 Å². The summed E-state index contributed by atoms with van der Waals surface area (Å²) in [6, 6.07) is 8.70. The number of nitrogens with zero attached hydrogens (tertiary/aromatic N) is 5. The number of benzene rings is 1. The Morgan fingerprint density at radius 2 is 1.94 bits per heavy atom. The molecule has 0 bridgehead atoms. The van der Waals surface area contributed by atoms with E-state index in [0.717, 1.165) is 52.1 Å². The lowest BCUT2D eigenvalue weighted by Gasteiger charge is -2.26. The summed E-state index contributed by atoms with van der Waals surface area (Å²) in [6.45, 7) is 10.4. The summed E-state index contributed by atoms with van der Waals surface area (Å²) in [7, 11) is 0. The fourth-order valence-electron chi connectivity index (χ4n) is 4.76. The molecule has 7 heteroatoms. The number of carboxylic acid groups (broad SMARTS) is 1. The first-order chi connectivity index (χ1) is 15.6. The lowest BCUT2D eigenvalue weighted by Crippen LogP contribution is -2.30. The number of carbonyl (C=O) groups is 1. The van der Waals surface area contributed by atoms with Crippen LogP contribution in [0, 0.1) is 5.92 Å². The Morgan fingerprint density at radius 3 is 2.66 bits per heavy atom. The minimum Gasteiger partial charge on any atom is -0.478 e. The van der Waals surface area contributed by atoms with Gasteiger partial charge in [0.1, 0.15) is 0 Å². The lowest BCUT2D eigenvalue weighted by molar-refractivity contribution is 0.0696. The summed E-state index contributed by atoms with van der Waals surface area (Å²) in [5.74, 6) is 0.280. The molecular weight excluding hydrogens is 402 g/mol. The maximum absolute atomic E-state index is 11.0. The Bertz CT molecular complexity index is 1050. The topological polar surface area (TPSA) is 74.5 Å². The number of aromatic carboxylic acids is 1. The van der Waals surface area contributed by atoms with Crippen LogP contribution in [0.25, 0.3) is 10.9 Å². The Kier molecular flexibility index (Phi) is 7.05. The second kappa shape index (κ2) is 10.1. The van der Waals surface area contributed by atoms with Crippen molar-refractivity contribution in [1.82, 2.24) is 19.4 Å². The lowest BCUT2D eigenvalue weighted by atomic mass is 9.99. The van der Waals surface area contributed by atoms with Gasteiger partial charge in [-0.2, -0.15) is 0 Å². The zero-order chi connectivity index (χ0) is 22.5. The molecule has 0 spiro atoms. The van der Waals surface area contributed by atoms with Gasteiger partial charge < -0.3 is 14.6 Å². The fourth-order valence-corrected chi connectivity index (χ4v) is 4.76. The highest BCUT2D eigenvalue weighted by molar-refractivity contribution is 5.86. The van der Waals surface area contributed by atoms with Crippen LogP contribution in [-0.2, 0) is 13.1 Å². The Balaban J connectivity index is 1.39. The SMILES string of the molecule is CCN(Cc1cn(CC)c2ccccc12)CC1CCCN(c2ncc(C(=O)O)cn2)CC1. The molecule has 3 aromatic rings. The van der Waals surface area contributed by atoms with E-state index >= 15 is 0 Å². The Hall–Kier alpha value is -2.93. The number of para-hydroxylation sites is 1. The monoisotopic (exact) mass is 435 g/mol. The van der Waals surface area contributed by atoms with Crippen LogP contribution in [0.5, 0.6) is 0 Å². The van der Waals surface area contributed by atoms with Gasteiger partial charge in [0.05, 0.1) is 5.56 Å². The highest BCUT2D eigenvalue weighted by Gasteiger charge is 2.21. The van der Waals surface area contributed by atoms with Crippen LogP contribution in [0.2, 0.25) is 0 Å². The van der Waals surface area contributed by atoms with Crippen molar-refractivity contribution < 1.29 is 9.90 Å². The molecule has 1 aliphatic heterocycles. The summed E-state index contributed by atoms with van der Waals surface area (Å²) >= 11 is 0. The van der Waals surface area contributed by atoms with Crippen LogP contribution < -0.4 is 4.90 Å². The molecular formula is C25H33N5O2. The quantitative estimate of drug-likeness (QED) is 0.569. The molecule has 0 radical (unpaired) electrons. The molecule has 3 heterocycles. The predicted molar refractivity (Wildman–Crippen MR) is 127 cm³/mol. The van der Waals surface area contributed by atoms with Crippen molar-refractivity contribution >= 4 is 22.8 Å². The van der Waals surface area contributed by atoms with Crippen molar-refractivity contribution in [2.24, 2.45) is 5.92 Å². The van der Waals surface area contributed by atoms with E-state index in [1.54, 1.807) is 0 Å². The summed E-state index contributed by atoms with van der Waals surface area (Å²) in [4.78, 5) is 24.4. The first-order valence-corrected chi connectivity index (χ1v) is 11.7. The van der Waals surface area contributed by atoms with Gasteiger partial charge in [0.25, 0.3) is 0 Å². The smallest absolute Gasteiger partial charge is 0.338 e. The highest BCUT2D eigenvalue weighted by atomic mass is 16.4. The van der Waals surface area contributed by atoms with Crippen LogP contribution in [0.1, 0.15) is 49.0 Å². The van der Waals surface area contributed by atoms with Gasteiger partial charge in [0.15, 0.2) is 0 Å². The number of fused-ring (bicyclic) bond motifs is 1. The molecule has 0 saturated carbocycles. The number of rotatable bonds is 8. The second-order valence-corrected chi connectivity index (χ2v) is 8.65. The van der Waals surface area contributed by atoms with E-state index in [9.17, 15) is 4.79 Å². The average Bonchev–Trinajstić information content (AvgIpc) is 3.00. The number of aryl methyl sites for hydroxylation is 1. The molecule has 32 heavy (non-hydrogen) atoms. The average molecular weight is 436 g/mol. The minimum absolute atomic E-state index is 0.129. The number of carboxylic acids is 1. The highest BCUT2D eigenvalue weighted by Crippen LogP contribution is 2.25. The van der Waals surface area contributed by atoms with Gasteiger partial charge >= 0.3 is 5.97 Å². The first kappa shape index (κ1) is 22.3. The maximum Gasteiger partial charge on any atom is 0.338 e. The van der Waals surface area contributed by atoms with Crippen LogP contribution in [0.3, 0.4) is 0 Å². The molecule has 1 unspecified atom stereocenters. The minimum atomic E-state index is -0.991. The Labute approximate surface area is 189 Å². The molecule has 2 aromatic heterocycles. The van der Waals surface area contributed by atoms with Gasteiger partial charge in [-0.25, -0.2) is 14.8 Å². The molecule has 1 aromatic carbocycles. The zero-order valence-electron chi connectivity index (χ0n) is 19.1. The third kappa shape index (κ3) is 4.93. The van der Waals surface area contributed by atoms with Crippen molar-refractivity contribution in [3.63, 3.8) is 0 Å². The van der Waals surface area contributed by atoms with E-state index in [4.69, 9.17) is 5.11 Å². The van der Waals surface area contributed by atoms with E-state index in [1.807, 2.05) is 0 Å². The number of hydrogen-bond acceptors (Lipinski definition) is 5. The third-order valence-corrected chi connectivity index (χ3v) is 6.59. The molecule has 170 valence electrons. The molecule has 1 atom stereocenters. The van der Waals surface area contributed by atoms with E-state index in [0.29, 0.717) is 11.9 Å². The molecule has 0 aliphatic carbocycles. The second-order valence-electron chi connectivity index (χ2n) is 8.65. The largest absolute Gasteiger partial charge is 0.478 e. The van der Waals surface area contributed by atoms with Gasteiger partial charge in [-0.3, -0.25) is 4.90 Å². The van der Waals surface area contributed by atoms with E-state index in [1.165, 1.54) is 35.3 Å². The maximum atomic E-state index is 11.0. The number of aromatic nitrogens is 3. The summed E-state index contributed by atoms with van der Waals surface area (Å²) in [5.41, 5.74) is 2.86. The van der Waals surface area contributed by atoms with Crippen LogP contribution in [0.4, 0.5) is 5.95 Å². The molecule has 7 nitrogen and oxygen atoms in total. The van der Waals surface area contributed by atoms with Crippen molar-refractivity contribution in [2.45, 2.75) is 46.2 Å². The van der Waals surface area contributed by atoms with Gasteiger partial charge in [0, 0.05) is 62.2 Å². The number of anilines is 1. The van der Waals surface area contributed by atoms with Crippen molar-refractivity contribution in [3.05, 3.63) is 54.0 Å². The molecule has 1 aliphatic rings. The molecule has 1 N–H and O–H groups in total. The standard InChI is InChI=1S/C25H33N5O2/c1-3-28(17-21-18-29(4-2)23-10-6-5-9-22(21)23)16-19-8-7-12-30(13-11-19)25-26-14-20(15-27-25)24(31)32/h5-6,9-10,14-15,18-19H,3-4,7-8,11-13,16-17H2,1-2H3,(H,31,32). The number of hydrogen-bond donors (Lipinski definition) is 1. The molecule has 1 fully saturated rings.